The highest BCUT2D eigenvalue weighted by atomic mass is 32.2. The van der Waals surface area contributed by atoms with Gasteiger partial charge >= 0.3 is 0 Å². The maximum Gasteiger partial charge on any atom is 0.162 e. The van der Waals surface area contributed by atoms with Gasteiger partial charge in [-0.3, -0.25) is 0 Å². The molecule has 0 fully saturated rings. The molecular formula is C15H21NO2S. The molecule has 1 aromatic carbocycles. The van der Waals surface area contributed by atoms with Crippen molar-refractivity contribution >= 4 is 11.8 Å². The molecule has 1 aromatic rings. The molecule has 0 aliphatic carbocycles. The number of hydrogen-bond donors (Lipinski definition) is 1. The molecule has 3 nitrogen and oxygen atoms in total. The average molecular weight is 279 g/mol. The second-order valence-corrected chi connectivity index (χ2v) is 6.17. The van der Waals surface area contributed by atoms with Gasteiger partial charge in [0.1, 0.15) is 0 Å². The number of ether oxygens (including phenoxy) is 2. The van der Waals surface area contributed by atoms with Gasteiger partial charge in [0.25, 0.3) is 0 Å². The Kier molecular flexibility index (Phi) is 4.18. The summed E-state index contributed by atoms with van der Waals surface area (Å²) in [5.74, 6) is 3.01. The highest BCUT2D eigenvalue weighted by Crippen LogP contribution is 2.43. The summed E-state index contributed by atoms with van der Waals surface area (Å²) in [7, 11) is 0. The predicted octanol–water partition coefficient (Wildman–Crippen LogP) is 3.38. The Morgan fingerprint density at radius 1 is 1.26 bits per heavy atom. The molecule has 0 aromatic heterocycles. The van der Waals surface area contributed by atoms with Crippen molar-refractivity contribution in [3.05, 3.63) is 17.7 Å². The highest BCUT2D eigenvalue weighted by Gasteiger charge is 2.23. The van der Waals surface area contributed by atoms with Crippen LogP contribution in [0.2, 0.25) is 0 Å². The molecule has 0 amide bonds. The summed E-state index contributed by atoms with van der Waals surface area (Å²) in [6.45, 7) is 4.79. The van der Waals surface area contributed by atoms with E-state index in [4.69, 9.17) is 9.47 Å². The van der Waals surface area contributed by atoms with Crippen molar-refractivity contribution in [3.8, 4) is 11.5 Å². The van der Waals surface area contributed by atoms with E-state index in [0.717, 1.165) is 37.7 Å². The number of fused-ring (bicyclic) bond motifs is 2. The van der Waals surface area contributed by atoms with Crippen LogP contribution in [0.15, 0.2) is 17.0 Å². The number of thioether (sulfide) groups is 1. The minimum atomic E-state index is 0.466. The van der Waals surface area contributed by atoms with Gasteiger partial charge in [-0.05, 0) is 42.8 Å². The molecule has 3 rings (SSSR count). The van der Waals surface area contributed by atoms with Gasteiger partial charge in [-0.2, -0.15) is 0 Å². The SMILES string of the molecule is CCCNC1CCSc2cc3c(cc21)OCCCO3. The van der Waals surface area contributed by atoms with Crippen molar-refractivity contribution in [2.75, 3.05) is 25.5 Å². The molecule has 19 heavy (non-hydrogen) atoms. The Balaban J connectivity index is 1.90. The molecule has 1 atom stereocenters. The molecule has 104 valence electrons. The Bertz CT molecular complexity index is 450. The van der Waals surface area contributed by atoms with Crippen LogP contribution >= 0.6 is 11.8 Å². The topological polar surface area (TPSA) is 30.5 Å². The fourth-order valence-electron chi connectivity index (χ4n) is 2.58. The summed E-state index contributed by atoms with van der Waals surface area (Å²) >= 11 is 1.93. The molecule has 0 saturated carbocycles. The molecule has 0 bridgehead atoms. The van der Waals surface area contributed by atoms with E-state index in [9.17, 15) is 0 Å². The second-order valence-electron chi connectivity index (χ2n) is 5.03. The predicted molar refractivity (Wildman–Crippen MR) is 78.4 cm³/mol. The first-order valence-electron chi connectivity index (χ1n) is 7.18. The fraction of sp³-hybridized carbons (Fsp3) is 0.600. The quantitative estimate of drug-likeness (QED) is 0.919. The standard InChI is InChI=1S/C15H21NO2S/c1-2-5-16-12-4-8-19-15-10-14-13(9-11(12)15)17-6-3-7-18-14/h9-10,12,16H,2-8H2,1H3. The lowest BCUT2D eigenvalue weighted by Gasteiger charge is -2.27. The van der Waals surface area contributed by atoms with E-state index >= 15 is 0 Å². The van der Waals surface area contributed by atoms with Crippen LogP contribution in [0.1, 0.15) is 37.8 Å². The number of hydrogen-bond acceptors (Lipinski definition) is 4. The van der Waals surface area contributed by atoms with Gasteiger partial charge < -0.3 is 14.8 Å². The Hall–Kier alpha value is -0.870. The van der Waals surface area contributed by atoms with Crippen molar-refractivity contribution in [1.29, 1.82) is 0 Å². The van der Waals surface area contributed by atoms with E-state index in [0.29, 0.717) is 6.04 Å². The lowest BCUT2D eigenvalue weighted by Crippen LogP contribution is -2.25. The lowest BCUT2D eigenvalue weighted by molar-refractivity contribution is 0.296. The first kappa shape index (κ1) is 13.1. The normalized spacial score (nSPS) is 21.6. The van der Waals surface area contributed by atoms with Crippen molar-refractivity contribution < 1.29 is 9.47 Å². The van der Waals surface area contributed by atoms with E-state index < -0.39 is 0 Å². The molecule has 2 aliphatic rings. The number of benzene rings is 1. The van der Waals surface area contributed by atoms with E-state index in [1.807, 2.05) is 11.8 Å². The van der Waals surface area contributed by atoms with Crippen LogP contribution in [0.25, 0.3) is 0 Å². The zero-order valence-electron chi connectivity index (χ0n) is 11.4. The summed E-state index contributed by atoms with van der Waals surface area (Å²) in [5, 5.41) is 3.64. The van der Waals surface area contributed by atoms with Crippen LogP contribution in [0, 0.1) is 0 Å². The van der Waals surface area contributed by atoms with Gasteiger partial charge in [0.15, 0.2) is 11.5 Å². The van der Waals surface area contributed by atoms with E-state index in [1.165, 1.54) is 29.1 Å². The van der Waals surface area contributed by atoms with E-state index in [-0.39, 0.29) is 0 Å². The smallest absolute Gasteiger partial charge is 0.162 e. The van der Waals surface area contributed by atoms with Crippen molar-refractivity contribution in [1.82, 2.24) is 5.32 Å². The second kappa shape index (κ2) is 6.06. The fourth-order valence-corrected chi connectivity index (χ4v) is 3.71. The van der Waals surface area contributed by atoms with Gasteiger partial charge in [0.2, 0.25) is 0 Å². The average Bonchev–Trinajstić information content (AvgIpc) is 2.67. The Labute approximate surface area is 119 Å². The van der Waals surface area contributed by atoms with Crippen LogP contribution in [0.3, 0.4) is 0 Å². The van der Waals surface area contributed by atoms with Gasteiger partial charge in [-0.15, -0.1) is 11.8 Å². The first-order chi connectivity index (χ1) is 9.38. The molecule has 0 spiro atoms. The molecule has 1 N–H and O–H groups in total. The minimum Gasteiger partial charge on any atom is -0.490 e. The molecule has 0 saturated heterocycles. The zero-order chi connectivity index (χ0) is 13.1. The van der Waals surface area contributed by atoms with Gasteiger partial charge in [0, 0.05) is 17.4 Å². The monoisotopic (exact) mass is 279 g/mol. The van der Waals surface area contributed by atoms with E-state index in [2.05, 4.69) is 24.4 Å². The van der Waals surface area contributed by atoms with Crippen molar-refractivity contribution in [2.45, 2.75) is 37.1 Å². The van der Waals surface area contributed by atoms with Crippen LogP contribution in [0.4, 0.5) is 0 Å². The molecule has 2 heterocycles. The third kappa shape index (κ3) is 2.84. The van der Waals surface area contributed by atoms with Gasteiger partial charge in [0.05, 0.1) is 13.2 Å². The Morgan fingerprint density at radius 3 is 2.84 bits per heavy atom. The zero-order valence-corrected chi connectivity index (χ0v) is 12.2. The Morgan fingerprint density at radius 2 is 2.05 bits per heavy atom. The molecule has 2 aliphatic heterocycles. The molecule has 4 heteroatoms. The van der Waals surface area contributed by atoms with Crippen molar-refractivity contribution in [2.24, 2.45) is 0 Å². The third-order valence-corrected chi connectivity index (χ3v) is 4.66. The summed E-state index contributed by atoms with van der Waals surface area (Å²) in [6, 6.07) is 4.82. The third-order valence-electron chi connectivity index (χ3n) is 3.56. The van der Waals surface area contributed by atoms with Crippen molar-refractivity contribution in [3.63, 3.8) is 0 Å². The summed E-state index contributed by atoms with van der Waals surface area (Å²) in [6.07, 6.45) is 3.32. The maximum atomic E-state index is 5.81. The van der Waals surface area contributed by atoms with Crippen LogP contribution in [-0.2, 0) is 0 Å². The highest BCUT2D eigenvalue weighted by molar-refractivity contribution is 7.99. The van der Waals surface area contributed by atoms with Crippen LogP contribution in [-0.4, -0.2) is 25.5 Å². The van der Waals surface area contributed by atoms with Gasteiger partial charge in [-0.25, -0.2) is 0 Å². The number of nitrogens with one attached hydrogen (secondary N) is 1. The molecule has 0 radical (unpaired) electrons. The lowest BCUT2D eigenvalue weighted by atomic mass is 10.0. The largest absolute Gasteiger partial charge is 0.490 e. The molecule has 1 unspecified atom stereocenters. The maximum absolute atomic E-state index is 5.81. The van der Waals surface area contributed by atoms with Crippen LogP contribution in [0.5, 0.6) is 11.5 Å². The van der Waals surface area contributed by atoms with E-state index in [1.54, 1.807) is 0 Å². The summed E-state index contributed by atoms with van der Waals surface area (Å²) in [5.41, 5.74) is 1.38. The minimum absolute atomic E-state index is 0.466. The first-order valence-corrected chi connectivity index (χ1v) is 8.16. The van der Waals surface area contributed by atoms with Gasteiger partial charge in [-0.1, -0.05) is 6.92 Å². The molecular weight excluding hydrogens is 258 g/mol. The number of rotatable bonds is 3. The van der Waals surface area contributed by atoms with Crippen LogP contribution < -0.4 is 14.8 Å². The summed E-state index contributed by atoms with van der Waals surface area (Å²) in [4.78, 5) is 1.35. The summed E-state index contributed by atoms with van der Waals surface area (Å²) < 4.78 is 11.6.